The molecule has 0 N–H and O–H groups in total. The number of anilines is 15. The van der Waals surface area contributed by atoms with E-state index < -0.39 is 0 Å². The molecule has 9 aromatic carbocycles. The van der Waals surface area contributed by atoms with Crippen LogP contribution in [0.2, 0.25) is 0 Å². The number of pyridine rings is 2. The Labute approximate surface area is 402 Å². The summed E-state index contributed by atoms with van der Waals surface area (Å²) < 4.78 is 0. The van der Waals surface area contributed by atoms with Crippen molar-refractivity contribution in [3.8, 4) is 0 Å². The van der Waals surface area contributed by atoms with Crippen molar-refractivity contribution in [3.05, 3.63) is 273 Å². The summed E-state index contributed by atoms with van der Waals surface area (Å²) in [5, 5.41) is 0.940. The molecule has 0 fully saturated rings. The van der Waals surface area contributed by atoms with Gasteiger partial charge in [-0.25, -0.2) is 9.97 Å². The molecule has 69 heavy (non-hydrogen) atoms. The highest BCUT2D eigenvalue weighted by Gasteiger charge is 2.24. The monoisotopic (exact) mass is 887 g/mol. The number of aromatic nitrogens is 2. The summed E-state index contributed by atoms with van der Waals surface area (Å²) in [7, 11) is 0. The molecule has 11 aromatic rings. The van der Waals surface area contributed by atoms with Gasteiger partial charge in [0, 0.05) is 97.4 Å². The maximum Gasteiger partial charge on any atom is 0.161 e. The van der Waals surface area contributed by atoms with Crippen LogP contribution >= 0.6 is 0 Å². The third-order valence-corrected chi connectivity index (χ3v) is 12.5. The Morgan fingerprint density at radius 2 is 0.464 bits per heavy atom. The summed E-state index contributed by atoms with van der Waals surface area (Å²) in [6.45, 7) is 0. The maximum absolute atomic E-state index is 4.71. The average Bonchev–Trinajstić information content (AvgIpc) is 3.41. The average molecular weight is 888 g/mol. The molecule has 1 aliphatic rings. The molecule has 10 bridgehead atoms. The third-order valence-electron chi connectivity index (χ3n) is 12.5. The van der Waals surface area contributed by atoms with Crippen molar-refractivity contribution in [1.29, 1.82) is 0 Å². The van der Waals surface area contributed by atoms with Gasteiger partial charge in [-0.05, 0) is 158 Å². The van der Waals surface area contributed by atoms with Crippen molar-refractivity contribution in [2.75, 3.05) is 24.5 Å². The van der Waals surface area contributed by atoms with Crippen molar-refractivity contribution in [1.82, 2.24) is 9.97 Å². The second kappa shape index (κ2) is 18.1. The summed E-state index contributed by atoms with van der Waals surface area (Å²) in [5.41, 5.74) is 15.8. The minimum absolute atomic E-state index is 0.676. The molecule has 0 saturated carbocycles. The lowest BCUT2D eigenvalue weighted by Crippen LogP contribution is -2.16. The first kappa shape index (κ1) is 41.0. The van der Waals surface area contributed by atoms with Crippen molar-refractivity contribution >= 4 is 96.3 Å². The summed E-state index contributed by atoms with van der Waals surface area (Å²) in [4.78, 5) is 21.1. The molecule has 12 rings (SSSR count). The molecule has 0 aliphatic carbocycles. The van der Waals surface area contributed by atoms with Gasteiger partial charge in [0.2, 0.25) is 0 Å². The first-order valence-electron chi connectivity index (χ1n) is 23.1. The van der Waals surface area contributed by atoms with E-state index in [0.29, 0.717) is 5.65 Å². The van der Waals surface area contributed by atoms with Crippen molar-refractivity contribution < 1.29 is 0 Å². The molecule has 0 atom stereocenters. The zero-order valence-electron chi connectivity index (χ0n) is 37.6. The fourth-order valence-electron chi connectivity index (χ4n) is 9.54. The highest BCUT2D eigenvalue weighted by atomic mass is 15.2. The SMILES string of the molecule is c1ccc(N2c3cccc(c3)N(c3ccccc3)c3cccc(c3)N(c3ccccc3)c3cccc(c3)N(c3ccnc4ncccc34)c3cccc(c3)N(c3ccccc3)c3cccc2c3)cc1. The molecule has 7 nitrogen and oxygen atoms in total. The molecule has 1 aliphatic heterocycles. The largest absolute Gasteiger partial charge is 0.310 e. The summed E-state index contributed by atoms with van der Waals surface area (Å²) in [6, 6.07) is 92.8. The van der Waals surface area contributed by atoms with E-state index in [1.54, 1.807) is 6.20 Å². The lowest BCUT2D eigenvalue weighted by atomic mass is 10.1. The fraction of sp³-hybridized carbons (Fsp3) is 0. The zero-order chi connectivity index (χ0) is 45.9. The van der Waals surface area contributed by atoms with Crippen molar-refractivity contribution in [3.63, 3.8) is 0 Å². The third kappa shape index (κ3) is 7.94. The Hall–Kier alpha value is -9.46. The highest BCUT2D eigenvalue weighted by Crippen LogP contribution is 2.47. The number of nitrogens with zero attached hydrogens (tertiary/aromatic N) is 7. The molecule has 0 amide bonds. The standard InChI is InChI=1S/C62H45N7/c1-5-19-46(20-6-1)65-50-27-13-28-51(41-50)66(47-21-7-2-8-22-47)53-30-15-32-55(43-53)68(49-25-11-4-12-26-49)57-34-17-36-59(45-57)69(61-38-40-64-62-60(61)37-18-39-63-62)58-35-16-33-56(44-58)67(48-23-9-3-10-24-48)54-31-14-29-52(65)42-54/h1-45H. The Kier molecular flexibility index (Phi) is 10.7. The number of fused-ring (bicyclic) bond motifs is 11. The molecule has 0 unspecified atom stereocenters. The summed E-state index contributed by atoms with van der Waals surface area (Å²) >= 11 is 0. The van der Waals surface area contributed by atoms with Crippen LogP contribution < -0.4 is 24.5 Å². The quantitative estimate of drug-likeness (QED) is 0.171. The van der Waals surface area contributed by atoms with Crippen LogP contribution in [0.25, 0.3) is 11.0 Å². The molecule has 2 aromatic heterocycles. The minimum Gasteiger partial charge on any atom is -0.310 e. The van der Waals surface area contributed by atoms with Gasteiger partial charge >= 0.3 is 0 Å². The fourth-order valence-corrected chi connectivity index (χ4v) is 9.54. The van der Waals surface area contributed by atoms with Gasteiger partial charge in [0.25, 0.3) is 0 Å². The van der Waals surface area contributed by atoms with E-state index in [-0.39, 0.29) is 0 Å². The molecule has 0 radical (unpaired) electrons. The lowest BCUT2D eigenvalue weighted by molar-refractivity contribution is 1.21. The van der Waals surface area contributed by atoms with Crippen LogP contribution in [0.3, 0.4) is 0 Å². The van der Waals surface area contributed by atoms with Gasteiger partial charge in [0.05, 0.1) is 5.69 Å². The Balaban J connectivity index is 1.16. The molecule has 0 saturated heterocycles. The first-order valence-corrected chi connectivity index (χ1v) is 23.1. The van der Waals surface area contributed by atoms with E-state index in [4.69, 9.17) is 9.97 Å². The van der Waals surface area contributed by atoms with Crippen molar-refractivity contribution in [2.45, 2.75) is 0 Å². The molecular formula is C62H45N7. The van der Waals surface area contributed by atoms with Gasteiger partial charge in [0.1, 0.15) is 0 Å². The second-order valence-corrected chi connectivity index (χ2v) is 16.8. The summed E-state index contributed by atoms with van der Waals surface area (Å²) in [6.07, 6.45) is 3.65. The van der Waals surface area contributed by atoms with Crippen molar-refractivity contribution in [2.24, 2.45) is 0 Å². The normalized spacial score (nSPS) is 12.5. The van der Waals surface area contributed by atoms with E-state index in [1.165, 1.54) is 0 Å². The molecular weight excluding hydrogens is 843 g/mol. The molecule has 328 valence electrons. The van der Waals surface area contributed by atoms with Crippen LogP contribution in [-0.4, -0.2) is 9.97 Å². The number of rotatable bonds is 5. The second-order valence-electron chi connectivity index (χ2n) is 16.8. The number of hydrogen-bond donors (Lipinski definition) is 0. The molecule has 7 heteroatoms. The number of benzene rings is 9. The predicted molar refractivity (Wildman–Crippen MR) is 287 cm³/mol. The Morgan fingerprint density at radius 3 is 0.768 bits per heavy atom. The van der Waals surface area contributed by atoms with E-state index in [1.807, 2.05) is 12.3 Å². The topological polar surface area (TPSA) is 42.0 Å². The number of hydrogen-bond acceptors (Lipinski definition) is 7. The van der Waals surface area contributed by atoms with E-state index in [0.717, 1.165) is 90.7 Å². The van der Waals surface area contributed by atoms with Gasteiger partial charge in [-0.15, -0.1) is 0 Å². The van der Waals surface area contributed by atoms with E-state index >= 15 is 0 Å². The smallest absolute Gasteiger partial charge is 0.161 e. The molecule has 3 heterocycles. The first-order chi connectivity index (χ1) is 34.2. The van der Waals surface area contributed by atoms with Crippen LogP contribution in [0.5, 0.6) is 0 Å². The van der Waals surface area contributed by atoms with Crippen LogP contribution in [0.4, 0.5) is 85.3 Å². The Bertz CT molecular complexity index is 3350. The minimum atomic E-state index is 0.676. The van der Waals surface area contributed by atoms with Crippen LogP contribution in [0, 0.1) is 0 Å². The van der Waals surface area contributed by atoms with Gasteiger partial charge in [-0.1, -0.05) is 103 Å². The predicted octanol–water partition coefficient (Wildman–Crippen LogP) is 17.3. The van der Waals surface area contributed by atoms with Gasteiger partial charge in [0.15, 0.2) is 5.65 Å². The van der Waals surface area contributed by atoms with E-state index in [9.17, 15) is 0 Å². The van der Waals surface area contributed by atoms with Gasteiger partial charge < -0.3 is 24.5 Å². The van der Waals surface area contributed by atoms with Gasteiger partial charge in [-0.3, -0.25) is 0 Å². The number of para-hydroxylation sites is 4. The van der Waals surface area contributed by atoms with Crippen LogP contribution in [0.1, 0.15) is 0 Å². The van der Waals surface area contributed by atoms with Crippen LogP contribution in [-0.2, 0) is 0 Å². The van der Waals surface area contributed by atoms with E-state index in [2.05, 4.69) is 279 Å². The van der Waals surface area contributed by atoms with Crippen LogP contribution in [0.15, 0.2) is 273 Å². The highest BCUT2D eigenvalue weighted by molar-refractivity contribution is 5.97. The lowest BCUT2D eigenvalue weighted by Gasteiger charge is -2.33. The zero-order valence-corrected chi connectivity index (χ0v) is 37.6. The Morgan fingerprint density at radius 1 is 0.203 bits per heavy atom. The summed E-state index contributed by atoms with van der Waals surface area (Å²) in [5.74, 6) is 0. The maximum atomic E-state index is 4.71. The van der Waals surface area contributed by atoms with Gasteiger partial charge in [-0.2, -0.15) is 0 Å². The molecule has 0 spiro atoms.